The first-order chi connectivity index (χ1) is 13.2. The first-order valence-electron chi connectivity index (χ1n) is 8.72. The van der Waals surface area contributed by atoms with Gasteiger partial charge >= 0.3 is 0 Å². The summed E-state index contributed by atoms with van der Waals surface area (Å²) in [6.07, 6.45) is 0.386. The molecule has 3 aromatic rings. The fourth-order valence-electron chi connectivity index (χ4n) is 2.94. The van der Waals surface area contributed by atoms with Gasteiger partial charge in [0.1, 0.15) is 11.5 Å². The molecule has 1 aliphatic heterocycles. The molecule has 0 aliphatic carbocycles. The van der Waals surface area contributed by atoms with Crippen LogP contribution in [0.3, 0.4) is 0 Å². The molecular formula is C20H19N3O3S. The molecule has 4 rings (SSSR count). The Morgan fingerprint density at radius 1 is 1.11 bits per heavy atom. The van der Waals surface area contributed by atoms with Crippen molar-refractivity contribution in [3.63, 3.8) is 0 Å². The Balaban J connectivity index is 1.58. The number of ether oxygens (including phenoxy) is 2. The summed E-state index contributed by atoms with van der Waals surface area (Å²) in [7, 11) is 1.62. The predicted molar refractivity (Wildman–Crippen MR) is 103 cm³/mol. The van der Waals surface area contributed by atoms with Gasteiger partial charge in [-0.25, -0.2) is 4.98 Å². The Labute approximate surface area is 161 Å². The number of aromatic nitrogens is 3. The van der Waals surface area contributed by atoms with Crippen LogP contribution in [-0.4, -0.2) is 34.4 Å². The van der Waals surface area contributed by atoms with Crippen LogP contribution in [0.4, 0.5) is 0 Å². The SMILES string of the molecule is CCOc1ccc([C@@H]2CC(=O)n3nc(-c4ccc(OC)cc4)nc3S2)cc1. The van der Waals surface area contributed by atoms with E-state index in [1.165, 1.54) is 4.68 Å². The number of carbonyl (C=O) groups is 1. The lowest BCUT2D eigenvalue weighted by Gasteiger charge is -2.20. The van der Waals surface area contributed by atoms with E-state index in [9.17, 15) is 4.79 Å². The van der Waals surface area contributed by atoms with Crippen molar-refractivity contribution in [1.29, 1.82) is 0 Å². The van der Waals surface area contributed by atoms with Crippen molar-refractivity contribution in [2.24, 2.45) is 0 Å². The fourth-order valence-corrected chi connectivity index (χ4v) is 4.10. The van der Waals surface area contributed by atoms with E-state index >= 15 is 0 Å². The number of hydrogen-bond donors (Lipinski definition) is 0. The molecule has 1 aromatic heterocycles. The summed E-state index contributed by atoms with van der Waals surface area (Å²) in [4.78, 5) is 17.2. The van der Waals surface area contributed by atoms with E-state index in [-0.39, 0.29) is 11.2 Å². The highest BCUT2D eigenvalue weighted by Gasteiger charge is 2.30. The minimum absolute atomic E-state index is 0.0218. The van der Waals surface area contributed by atoms with Crippen LogP contribution in [-0.2, 0) is 0 Å². The van der Waals surface area contributed by atoms with Crippen molar-refractivity contribution in [2.75, 3.05) is 13.7 Å². The number of nitrogens with zero attached hydrogens (tertiary/aromatic N) is 3. The molecule has 0 N–H and O–H groups in total. The van der Waals surface area contributed by atoms with Gasteiger partial charge in [-0.3, -0.25) is 4.79 Å². The number of fused-ring (bicyclic) bond motifs is 1. The van der Waals surface area contributed by atoms with E-state index in [1.54, 1.807) is 18.9 Å². The third kappa shape index (κ3) is 3.55. The molecule has 0 saturated carbocycles. The van der Waals surface area contributed by atoms with Gasteiger partial charge in [0.2, 0.25) is 0 Å². The lowest BCUT2D eigenvalue weighted by atomic mass is 10.1. The summed E-state index contributed by atoms with van der Waals surface area (Å²) in [6, 6.07) is 15.4. The van der Waals surface area contributed by atoms with Crippen LogP contribution in [0.2, 0.25) is 0 Å². The van der Waals surface area contributed by atoms with Crippen molar-refractivity contribution in [3.8, 4) is 22.9 Å². The molecule has 138 valence electrons. The van der Waals surface area contributed by atoms with Crippen LogP contribution >= 0.6 is 11.8 Å². The predicted octanol–water partition coefficient (Wildman–Crippen LogP) is 4.23. The van der Waals surface area contributed by atoms with Gasteiger partial charge in [-0.05, 0) is 48.9 Å². The summed E-state index contributed by atoms with van der Waals surface area (Å²) >= 11 is 1.56. The van der Waals surface area contributed by atoms with Crippen molar-refractivity contribution < 1.29 is 14.3 Å². The third-order valence-electron chi connectivity index (χ3n) is 4.33. The van der Waals surface area contributed by atoms with Gasteiger partial charge in [-0.15, -0.1) is 5.10 Å². The third-order valence-corrected chi connectivity index (χ3v) is 5.53. The number of hydrogen-bond acceptors (Lipinski definition) is 6. The van der Waals surface area contributed by atoms with E-state index in [4.69, 9.17) is 9.47 Å². The Hall–Kier alpha value is -2.80. The smallest absolute Gasteiger partial charge is 0.250 e. The standard InChI is InChI=1S/C20H19N3O3S/c1-3-26-16-10-4-13(5-11-16)17-12-18(24)23-20(27-17)21-19(22-23)14-6-8-15(25-2)9-7-14/h4-11,17H,3,12H2,1-2H3/t17-/m0/s1. The molecule has 0 amide bonds. The monoisotopic (exact) mass is 381 g/mol. The largest absolute Gasteiger partial charge is 0.497 e. The molecule has 7 heteroatoms. The maximum atomic E-state index is 12.6. The van der Waals surface area contributed by atoms with Gasteiger partial charge in [-0.2, -0.15) is 4.68 Å². The van der Waals surface area contributed by atoms with Crippen LogP contribution in [0.1, 0.15) is 29.0 Å². The lowest BCUT2D eigenvalue weighted by molar-refractivity contribution is 0.0868. The highest BCUT2D eigenvalue weighted by atomic mass is 32.2. The van der Waals surface area contributed by atoms with Crippen molar-refractivity contribution >= 4 is 17.7 Å². The zero-order valence-corrected chi connectivity index (χ0v) is 15.9. The van der Waals surface area contributed by atoms with Crippen molar-refractivity contribution in [3.05, 3.63) is 54.1 Å². The molecule has 0 fully saturated rings. The van der Waals surface area contributed by atoms with Crippen molar-refractivity contribution in [2.45, 2.75) is 23.8 Å². The lowest BCUT2D eigenvalue weighted by Crippen LogP contribution is -2.20. The molecular weight excluding hydrogens is 362 g/mol. The van der Waals surface area contributed by atoms with Crippen LogP contribution in [0.15, 0.2) is 53.7 Å². The van der Waals surface area contributed by atoms with Gasteiger partial charge in [0.05, 0.1) is 13.7 Å². The van der Waals surface area contributed by atoms with E-state index in [2.05, 4.69) is 10.1 Å². The zero-order chi connectivity index (χ0) is 18.8. The molecule has 0 radical (unpaired) electrons. The number of rotatable bonds is 5. The summed E-state index contributed by atoms with van der Waals surface area (Å²) in [5.74, 6) is 2.10. The Bertz CT molecular complexity index is 952. The molecule has 6 nitrogen and oxygen atoms in total. The Morgan fingerprint density at radius 3 is 2.48 bits per heavy atom. The summed E-state index contributed by atoms with van der Waals surface area (Å²) in [5.41, 5.74) is 1.93. The topological polar surface area (TPSA) is 66.2 Å². The van der Waals surface area contributed by atoms with Gasteiger partial charge in [0.15, 0.2) is 11.0 Å². The second-order valence-electron chi connectivity index (χ2n) is 6.06. The molecule has 27 heavy (non-hydrogen) atoms. The number of thioether (sulfide) groups is 1. The molecule has 2 aromatic carbocycles. The van der Waals surface area contributed by atoms with Gasteiger partial charge < -0.3 is 9.47 Å². The van der Waals surface area contributed by atoms with Gasteiger partial charge in [0, 0.05) is 17.2 Å². The second kappa shape index (κ2) is 7.44. The van der Waals surface area contributed by atoms with Crippen molar-refractivity contribution in [1.82, 2.24) is 14.8 Å². The zero-order valence-electron chi connectivity index (χ0n) is 15.1. The van der Waals surface area contributed by atoms with Crippen LogP contribution in [0.5, 0.6) is 11.5 Å². The van der Waals surface area contributed by atoms with Crippen LogP contribution in [0.25, 0.3) is 11.4 Å². The van der Waals surface area contributed by atoms with E-state index in [0.29, 0.717) is 24.0 Å². The summed E-state index contributed by atoms with van der Waals surface area (Å²) in [5, 5.41) is 5.04. The number of carbonyl (C=O) groups excluding carboxylic acids is 1. The van der Waals surface area contributed by atoms with Gasteiger partial charge in [-0.1, -0.05) is 23.9 Å². The first kappa shape index (κ1) is 17.6. The Morgan fingerprint density at radius 2 is 1.81 bits per heavy atom. The molecule has 0 bridgehead atoms. The van der Waals surface area contributed by atoms with E-state index in [1.807, 2.05) is 55.5 Å². The van der Waals surface area contributed by atoms with Gasteiger partial charge in [0.25, 0.3) is 5.91 Å². The number of methoxy groups -OCH3 is 1. The minimum Gasteiger partial charge on any atom is -0.497 e. The molecule has 0 unspecified atom stereocenters. The molecule has 1 atom stereocenters. The normalized spacial score (nSPS) is 16.1. The summed E-state index contributed by atoms with van der Waals surface area (Å²) < 4.78 is 12.1. The average Bonchev–Trinajstić information content (AvgIpc) is 3.14. The maximum absolute atomic E-state index is 12.6. The van der Waals surface area contributed by atoms with E-state index in [0.717, 1.165) is 22.6 Å². The average molecular weight is 381 g/mol. The summed E-state index contributed by atoms with van der Waals surface area (Å²) in [6.45, 7) is 2.59. The number of benzene rings is 2. The first-order valence-corrected chi connectivity index (χ1v) is 9.60. The Kier molecular flexibility index (Phi) is 4.85. The minimum atomic E-state index is -0.0464. The molecule has 1 aliphatic rings. The second-order valence-corrected chi connectivity index (χ2v) is 7.23. The van der Waals surface area contributed by atoms with E-state index < -0.39 is 0 Å². The molecule has 2 heterocycles. The fraction of sp³-hybridized carbons (Fsp3) is 0.250. The van der Waals surface area contributed by atoms with Crippen LogP contribution in [0, 0.1) is 0 Å². The molecule has 0 saturated heterocycles. The highest BCUT2D eigenvalue weighted by Crippen LogP contribution is 2.41. The maximum Gasteiger partial charge on any atom is 0.250 e. The molecule has 0 spiro atoms. The quantitative estimate of drug-likeness (QED) is 0.659. The van der Waals surface area contributed by atoms with Crippen LogP contribution < -0.4 is 9.47 Å². The highest BCUT2D eigenvalue weighted by molar-refractivity contribution is 7.99.